The molecule has 2 amide bonds. The van der Waals surface area contributed by atoms with Crippen molar-refractivity contribution < 1.29 is 9.59 Å². The van der Waals surface area contributed by atoms with E-state index in [0.717, 1.165) is 24.3 Å². The van der Waals surface area contributed by atoms with E-state index in [-0.39, 0.29) is 0 Å². The number of nitrogens with zero attached hydrogens (tertiary/aromatic N) is 2. The van der Waals surface area contributed by atoms with E-state index in [1.165, 1.54) is 4.90 Å². The van der Waals surface area contributed by atoms with Crippen molar-refractivity contribution in [2.75, 3.05) is 37.6 Å². The first kappa shape index (κ1) is 14.5. The van der Waals surface area contributed by atoms with Crippen molar-refractivity contribution in [3.05, 3.63) is 29.8 Å². The number of carbonyl (C=O) groups is 2. The molecule has 1 fully saturated rings. The number of rotatable bonds is 2. The quantitative estimate of drug-likeness (QED) is 0.812. The second-order valence-electron chi connectivity index (χ2n) is 4.93. The van der Waals surface area contributed by atoms with Crippen LogP contribution in [0.3, 0.4) is 0 Å². The van der Waals surface area contributed by atoms with Gasteiger partial charge in [-0.1, -0.05) is 17.7 Å². The Morgan fingerprint density at radius 3 is 2.35 bits per heavy atom. The Kier molecular flexibility index (Phi) is 4.74. The van der Waals surface area contributed by atoms with E-state index in [0.29, 0.717) is 19.6 Å². The third kappa shape index (κ3) is 3.17. The lowest BCUT2D eigenvalue weighted by atomic mass is 10.2. The molecule has 0 atom stereocenters. The van der Waals surface area contributed by atoms with E-state index in [1.807, 2.05) is 38.1 Å². The number of anilines is 1. The summed E-state index contributed by atoms with van der Waals surface area (Å²) in [4.78, 5) is 27.8. The number of hydrogen-bond acceptors (Lipinski definition) is 3. The molecular weight excluding hydrogens is 254 g/mol. The largest absolute Gasteiger partial charge is 0.332 e. The number of benzene rings is 1. The van der Waals surface area contributed by atoms with E-state index < -0.39 is 11.8 Å². The number of aryl methyl sites for hydroxylation is 1. The zero-order chi connectivity index (χ0) is 14.5. The van der Waals surface area contributed by atoms with Gasteiger partial charge in [0.05, 0.1) is 0 Å². The molecule has 108 valence electrons. The first-order chi connectivity index (χ1) is 9.63. The summed E-state index contributed by atoms with van der Waals surface area (Å²) in [6.45, 7) is 7.04. The maximum Gasteiger partial charge on any atom is 0.316 e. The van der Waals surface area contributed by atoms with Gasteiger partial charge < -0.3 is 15.1 Å². The summed E-state index contributed by atoms with van der Waals surface area (Å²) < 4.78 is 0. The van der Waals surface area contributed by atoms with Gasteiger partial charge in [-0.3, -0.25) is 9.59 Å². The molecule has 20 heavy (non-hydrogen) atoms. The van der Waals surface area contributed by atoms with Crippen LogP contribution in [0.2, 0.25) is 0 Å². The van der Waals surface area contributed by atoms with E-state index in [4.69, 9.17) is 0 Å². The summed E-state index contributed by atoms with van der Waals surface area (Å²) in [5.74, 6) is -0.854. The highest BCUT2D eigenvalue weighted by Crippen LogP contribution is 2.15. The van der Waals surface area contributed by atoms with Gasteiger partial charge in [0, 0.05) is 38.4 Å². The topological polar surface area (TPSA) is 52.7 Å². The van der Waals surface area contributed by atoms with Crippen molar-refractivity contribution in [1.29, 1.82) is 0 Å². The number of carbonyl (C=O) groups excluding carboxylic acids is 2. The monoisotopic (exact) mass is 275 g/mol. The van der Waals surface area contributed by atoms with Crippen LogP contribution in [0, 0.1) is 6.92 Å². The molecule has 1 aliphatic heterocycles. The van der Waals surface area contributed by atoms with Crippen LogP contribution in [0.1, 0.15) is 12.5 Å². The Labute approximate surface area is 119 Å². The van der Waals surface area contributed by atoms with Crippen LogP contribution in [0.4, 0.5) is 5.69 Å². The predicted molar refractivity (Wildman–Crippen MR) is 78.7 cm³/mol. The summed E-state index contributed by atoms with van der Waals surface area (Å²) in [5.41, 5.74) is 1.90. The highest BCUT2D eigenvalue weighted by atomic mass is 16.2. The van der Waals surface area contributed by atoms with Gasteiger partial charge in [0.2, 0.25) is 0 Å². The van der Waals surface area contributed by atoms with Gasteiger partial charge in [0.25, 0.3) is 0 Å². The average molecular weight is 275 g/mol. The van der Waals surface area contributed by atoms with Crippen LogP contribution in [-0.4, -0.2) is 49.4 Å². The van der Waals surface area contributed by atoms with Crippen molar-refractivity contribution in [2.24, 2.45) is 0 Å². The van der Waals surface area contributed by atoms with Crippen molar-refractivity contribution >= 4 is 17.5 Å². The Balaban J connectivity index is 2.12. The molecule has 1 N–H and O–H groups in total. The Hall–Kier alpha value is -1.88. The molecule has 1 aromatic carbocycles. The zero-order valence-corrected chi connectivity index (χ0v) is 12.1. The van der Waals surface area contributed by atoms with Crippen LogP contribution in [0.15, 0.2) is 24.3 Å². The van der Waals surface area contributed by atoms with Crippen LogP contribution in [0.5, 0.6) is 0 Å². The fraction of sp³-hybridized carbons (Fsp3) is 0.467. The summed E-state index contributed by atoms with van der Waals surface area (Å²) >= 11 is 0. The van der Waals surface area contributed by atoms with Gasteiger partial charge in [-0.15, -0.1) is 0 Å². The van der Waals surface area contributed by atoms with Crippen LogP contribution < -0.4 is 10.2 Å². The summed E-state index contributed by atoms with van der Waals surface area (Å²) in [7, 11) is 0. The van der Waals surface area contributed by atoms with Crippen LogP contribution >= 0.6 is 0 Å². The molecule has 0 aliphatic carbocycles. The van der Waals surface area contributed by atoms with E-state index in [1.54, 1.807) is 4.90 Å². The molecule has 0 aromatic heterocycles. The maximum atomic E-state index is 12.4. The lowest BCUT2D eigenvalue weighted by Gasteiger charge is -2.29. The molecule has 0 unspecified atom stereocenters. The summed E-state index contributed by atoms with van der Waals surface area (Å²) in [6.07, 6.45) is 0. The maximum absolute atomic E-state index is 12.4. The second-order valence-corrected chi connectivity index (χ2v) is 4.93. The normalized spacial score (nSPS) is 15.0. The fourth-order valence-electron chi connectivity index (χ4n) is 2.29. The van der Waals surface area contributed by atoms with E-state index in [9.17, 15) is 9.59 Å². The number of likely N-dealkylation sites (N-methyl/N-ethyl adjacent to an activating group) is 1. The standard InChI is InChI=1S/C15H21N3O2/c1-3-18(13-6-4-12(2)5-7-13)15(20)14(19)17-10-8-16-9-11-17/h4-7,16H,3,8-11H2,1-2H3. The smallest absolute Gasteiger partial charge is 0.316 e. The summed E-state index contributed by atoms with van der Waals surface area (Å²) in [6, 6.07) is 7.64. The van der Waals surface area contributed by atoms with Crippen molar-refractivity contribution in [2.45, 2.75) is 13.8 Å². The first-order valence-electron chi connectivity index (χ1n) is 7.01. The molecule has 0 bridgehead atoms. The van der Waals surface area contributed by atoms with Crippen molar-refractivity contribution in [1.82, 2.24) is 10.2 Å². The second kappa shape index (κ2) is 6.52. The van der Waals surface area contributed by atoms with Gasteiger partial charge in [-0.05, 0) is 26.0 Å². The number of nitrogens with one attached hydrogen (secondary N) is 1. The third-order valence-corrected chi connectivity index (χ3v) is 3.49. The van der Waals surface area contributed by atoms with E-state index in [2.05, 4.69) is 5.32 Å². The van der Waals surface area contributed by atoms with Gasteiger partial charge in [-0.25, -0.2) is 0 Å². The first-order valence-corrected chi connectivity index (χ1v) is 7.01. The molecule has 0 spiro atoms. The zero-order valence-electron chi connectivity index (χ0n) is 12.1. The molecule has 1 aromatic rings. The van der Waals surface area contributed by atoms with E-state index >= 15 is 0 Å². The molecule has 0 radical (unpaired) electrons. The minimum absolute atomic E-state index is 0.408. The van der Waals surface area contributed by atoms with Crippen molar-refractivity contribution in [3.8, 4) is 0 Å². The highest BCUT2D eigenvalue weighted by Gasteiger charge is 2.27. The van der Waals surface area contributed by atoms with Crippen molar-refractivity contribution in [3.63, 3.8) is 0 Å². The molecule has 1 heterocycles. The highest BCUT2D eigenvalue weighted by molar-refractivity contribution is 6.40. The van der Waals surface area contributed by atoms with Gasteiger partial charge in [0.15, 0.2) is 0 Å². The lowest BCUT2D eigenvalue weighted by molar-refractivity contribution is -0.144. The molecule has 5 heteroatoms. The Bertz CT molecular complexity index is 478. The molecule has 5 nitrogen and oxygen atoms in total. The molecular formula is C15H21N3O2. The van der Waals surface area contributed by atoms with Crippen LogP contribution in [-0.2, 0) is 9.59 Å². The SMILES string of the molecule is CCN(C(=O)C(=O)N1CCNCC1)c1ccc(C)cc1. The number of hydrogen-bond donors (Lipinski definition) is 1. The molecule has 1 saturated heterocycles. The number of piperazine rings is 1. The molecule has 2 rings (SSSR count). The summed E-state index contributed by atoms with van der Waals surface area (Å²) in [5, 5.41) is 3.17. The Morgan fingerprint density at radius 1 is 1.20 bits per heavy atom. The molecule has 1 aliphatic rings. The van der Waals surface area contributed by atoms with Gasteiger partial charge in [-0.2, -0.15) is 0 Å². The minimum atomic E-state index is -0.446. The van der Waals surface area contributed by atoms with Gasteiger partial charge in [0.1, 0.15) is 0 Å². The minimum Gasteiger partial charge on any atom is -0.332 e. The van der Waals surface area contributed by atoms with Gasteiger partial charge >= 0.3 is 11.8 Å². The third-order valence-electron chi connectivity index (χ3n) is 3.49. The van der Waals surface area contributed by atoms with Crippen LogP contribution in [0.25, 0.3) is 0 Å². The lowest BCUT2D eigenvalue weighted by Crippen LogP contribution is -2.52. The fourth-order valence-corrected chi connectivity index (χ4v) is 2.29. The number of amides is 2. The molecule has 0 saturated carbocycles. The average Bonchev–Trinajstić information content (AvgIpc) is 2.50. The predicted octanol–water partition coefficient (Wildman–Crippen LogP) is 0.780. The Morgan fingerprint density at radius 2 is 1.80 bits per heavy atom.